The monoisotopic (exact) mass is 1070 g/mol. The van der Waals surface area contributed by atoms with Gasteiger partial charge in [-0.3, -0.25) is 37.4 Å². The predicted molar refractivity (Wildman–Crippen MR) is 247 cm³/mol. The summed E-state index contributed by atoms with van der Waals surface area (Å²) >= 11 is 14.9. The molecule has 0 aliphatic rings. The largest absolute Gasteiger partial charge is 0.425 e. The summed E-state index contributed by atoms with van der Waals surface area (Å²) < 4.78 is 95.8. The molecule has 0 radical (unpaired) electrons. The topological polar surface area (TPSA) is 193 Å². The molecule has 8 rings (SSSR count). The van der Waals surface area contributed by atoms with Crippen LogP contribution in [-0.4, -0.2) is 66.5 Å². The number of rotatable bonds is 11. The van der Waals surface area contributed by atoms with Gasteiger partial charge in [-0.05, 0) is 71.8 Å². The summed E-state index contributed by atoms with van der Waals surface area (Å²) in [6.07, 6.45) is -9.13. The van der Waals surface area contributed by atoms with Crippen LogP contribution in [0.25, 0.3) is 22.3 Å². The molecule has 4 aromatic carbocycles. The van der Waals surface area contributed by atoms with E-state index in [0.717, 1.165) is 43.5 Å². The summed E-state index contributed by atoms with van der Waals surface area (Å²) in [5, 5.41) is 18.8. The highest BCUT2D eigenvalue weighted by Gasteiger charge is 2.32. The molecule has 0 aliphatic carbocycles. The quantitative estimate of drug-likeness (QED) is 0.0854. The Morgan fingerprint density at radius 3 is 1.49 bits per heavy atom. The molecular formula is C44H37BrCl2F6N8O8. The summed E-state index contributed by atoms with van der Waals surface area (Å²) in [6.45, 7) is -0.297. The summed E-state index contributed by atoms with van der Waals surface area (Å²) in [4.78, 5) is 60.9. The second-order valence-corrected chi connectivity index (χ2v) is 16.2. The van der Waals surface area contributed by atoms with Crippen LogP contribution >= 0.6 is 39.1 Å². The van der Waals surface area contributed by atoms with Crippen molar-refractivity contribution in [1.82, 2.24) is 37.8 Å². The molecule has 364 valence electrons. The zero-order chi connectivity index (χ0) is 50.4. The smallest absolute Gasteiger partial charge is 0.416 e. The van der Waals surface area contributed by atoms with Crippen molar-refractivity contribution in [3.05, 3.63) is 171 Å². The lowest BCUT2D eigenvalue weighted by atomic mass is 10.2. The second-order valence-electron chi connectivity index (χ2n) is 14.6. The van der Waals surface area contributed by atoms with E-state index in [1.807, 2.05) is 0 Å². The molecule has 16 nitrogen and oxygen atoms in total. The molecule has 3 N–H and O–H groups in total. The van der Waals surface area contributed by atoms with Crippen molar-refractivity contribution >= 4 is 61.5 Å². The number of hydrogen-bond donors (Lipinski definition) is 3. The molecule has 25 heteroatoms. The Morgan fingerprint density at radius 2 is 1.07 bits per heavy atom. The third kappa shape index (κ3) is 12.1. The number of fused-ring (bicyclic) bond motifs is 2. The Morgan fingerprint density at radius 1 is 0.638 bits per heavy atom. The van der Waals surface area contributed by atoms with Gasteiger partial charge >= 0.3 is 35.8 Å². The Balaban J connectivity index is 0.000000211. The van der Waals surface area contributed by atoms with Crippen LogP contribution in [0.2, 0.25) is 10.0 Å². The van der Waals surface area contributed by atoms with Gasteiger partial charge in [-0.15, -0.1) is 0 Å². The van der Waals surface area contributed by atoms with E-state index in [1.54, 1.807) is 48.5 Å². The number of nitrogens with one attached hydrogen (secondary N) is 1. The van der Waals surface area contributed by atoms with Gasteiger partial charge in [0, 0.05) is 29.5 Å². The van der Waals surface area contributed by atoms with Crippen molar-refractivity contribution in [2.75, 3.05) is 18.5 Å². The van der Waals surface area contributed by atoms with E-state index in [-0.39, 0.29) is 72.1 Å². The van der Waals surface area contributed by atoms with Crippen molar-refractivity contribution in [1.29, 1.82) is 0 Å². The number of aliphatic hydroxyl groups excluding tert-OH is 2. The minimum atomic E-state index is -4.58. The summed E-state index contributed by atoms with van der Waals surface area (Å²) in [5.41, 5.74) is -3.13. The Hall–Kier alpha value is -6.66. The third-order valence-corrected chi connectivity index (χ3v) is 10.7. The van der Waals surface area contributed by atoms with Gasteiger partial charge in [-0.25, -0.2) is 9.59 Å². The maximum Gasteiger partial charge on any atom is 0.416 e. The van der Waals surface area contributed by atoms with Gasteiger partial charge in [-0.1, -0.05) is 75.5 Å². The number of benzene rings is 4. The minimum absolute atomic E-state index is 0.00697. The molecule has 69 heavy (non-hydrogen) atoms. The van der Waals surface area contributed by atoms with Gasteiger partial charge in [0.25, 0.3) is 11.1 Å². The van der Waals surface area contributed by atoms with Crippen LogP contribution in [0, 0.1) is 0 Å². The van der Waals surface area contributed by atoms with Gasteiger partial charge in [-0.2, -0.15) is 36.3 Å². The van der Waals surface area contributed by atoms with Crippen LogP contribution < -0.4 is 32.0 Å². The Kier molecular flexibility index (Phi) is 16.3. The number of aromatic amines is 1. The van der Waals surface area contributed by atoms with Gasteiger partial charge in [0.2, 0.25) is 0 Å². The molecule has 0 atom stereocenters. The van der Waals surface area contributed by atoms with Crippen molar-refractivity contribution in [3.63, 3.8) is 0 Å². The van der Waals surface area contributed by atoms with Crippen LogP contribution in [0.1, 0.15) is 22.3 Å². The molecule has 4 aromatic heterocycles. The molecule has 0 unspecified atom stereocenters. The fourth-order valence-electron chi connectivity index (χ4n) is 6.54. The van der Waals surface area contributed by atoms with Crippen LogP contribution in [0.15, 0.2) is 116 Å². The maximum atomic E-state index is 13.2. The normalized spacial score (nSPS) is 11.6. The minimum Gasteiger partial charge on any atom is -0.425 e. The number of hydrogen-bond acceptors (Lipinski definition) is 10. The summed E-state index contributed by atoms with van der Waals surface area (Å²) in [6, 6.07) is 21.6. The Bertz CT molecular complexity index is 3350. The van der Waals surface area contributed by atoms with E-state index in [1.165, 1.54) is 47.5 Å². The van der Waals surface area contributed by atoms with Crippen LogP contribution in [0.4, 0.5) is 26.3 Å². The fourth-order valence-corrected chi connectivity index (χ4v) is 6.79. The number of nitrogens with zero attached hydrogens (tertiary/aromatic N) is 7. The summed E-state index contributed by atoms with van der Waals surface area (Å²) in [5.74, 6) is -0.271. The molecule has 0 saturated heterocycles. The molecule has 0 spiro atoms. The zero-order valence-corrected chi connectivity index (χ0v) is 39.0. The number of aromatic nitrogens is 8. The first kappa shape index (κ1) is 51.7. The van der Waals surface area contributed by atoms with E-state index >= 15 is 0 Å². The standard InChI is InChI=1S/C22H18ClF3N4O4.C20H14ClF3N4O3.C2H5BrO/c1-28-18-17(19(32)29(9-10-31)21(28)33)30(12-13-5-7-15(23)8-6-13)20(27-18)34-16-4-2-3-14(11-16)22(24,25)26;1-27-16-15(17(29)26-18(27)30)28(10-11-5-7-13(21)8-6-11)19(25-16)31-14-4-2-3-12(9-14)20(22,23)24;3-1-2-4/h2-8,11,31H,9-10,12H2,1H3;2-9H,10H2,1H3,(H,26,29,30);4H,1-2H2. The van der Waals surface area contributed by atoms with Crippen molar-refractivity contribution < 1.29 is 46.0 Å². The van der Waals surface area contributed by atoms with Crippen LogP contribution in [0.3, 0.4) is 0 Å². The van der Waals surface area contributed by atoms with Gasteiger partial charge in [0.05, 0.1) is 44.0 Å². The van der Waals surface area contributed by atoms with Crippen LogP contribution in [0.5, 0.6) is 23.5 Å². The highest BCUT2D eigenvalue weighted by molar-refractivity contribution is 9.09. The molecule has 0 saturated carbocycles. The lowest BCUT2D eigenvalue weighted by molar-refractivity contribution is -0.138. The first-order valence-corrected chi connectivity index (χ1v) is 21.9. The van der Waals surface area contributed by atoms with E-state index in [4.69, 9.17) is 37.8 Å². The number of aryl methyl sites for hydroxylation is 2. The molecule has 0 fully saturated rings. The van der Waals surface area contributed by atoms with Crippen molar-refractivity contribution in [3.8, 4) is 23.5 Å². The lowest BCUT2D eigenvalue weighted by Gasteiger charge is -2.12. The number of halogens is 9. The van der Waals surface area contributed by atoms with Crippen LogP contribution in [-0.2, 0) is 46.1 Å². The zero-order valence-electron chi connectivity index (χ0n) is 35.9. The number of alkyl halides is 7. The average Bonchev–Trinajstić information content (AvgIpc) is 3.85. The average molecular weight is 1070 g/mol. The second kappa shape index (κ2) is 21.7. The number of imidazole rings is 2. The van der Waals surface area contributed by atoms with Gasteiger partial charge < -0.3 is 19.7 Å². The predicted octanol–water partition coefficient (Wildman–Crippen LogP) is 7.71. The summed E-state index contributed by atoms with van der Waals surface area (Å²) in [7, 11) is 2.81. The molecule has 0 aliphatic heterocycles. The van der Waals surface area contributed by atoms with Gasteiger partial charge in [0.1, 0.15) is 11.5 Å². The SMILES string of the molecule is Cn1c(=O)[nH]c(=O)c2c1nc(Oc1cccc(C(F)(F)F)c1)n2Cc1ccc(Cl)cc1.Cn1c(=O)n(CCO)c(=O)c2c1nc(Oc1cccc(C(F)(F)F)c1)n2Cc1ccc(Cl)cc1.OCCBr. The number of aliphatic hydroxyl groups is 2. The molecule has 0 bridgehead atoms. The van der Waals surface area contributed by atoms with E-state index in [2.05, 4.69) is 30.9 Å². The molecular weight excluding hydrogens is 1030 g/mol. The third-order valence-electron chi connectivity index (χ3n) is 9.83. The molecule has 0 amide bonds. The van der Waals surface area contributed by atoms with Gasteiger partial charge in [0.15, 0.2) is 22.3 Å². The van der Waals surface area contributed by atoms with E-state index in [0.29, 0.717) is 20.9 Å². The van der Waals surface area contributed by atoms with Crippen molar-refractivity contribution in [2.45, 2.75) is 32.0 Å². The Labute approximate surface area is 402 Å². The number of H-pyrrole nitrogens is 1. The van der Waals surface area contributed by atoms with E-state index in [9.17, 15) is 50.6 Å². The fraction of sp³-hybridized carbons (Fsp3) is 0.227. The first-order valence-electron chi connectivity index (χ1n) is 20.0. The lowest BCUT2D eigenvalue weighted by Crippen LogP contribution is -2.40. The van der Waals surface area contributed by atoms with E-state index < -0.39 is 52.6 Å². The number of ether oxygens (including phenoxy) is 2. The molecule has 8 aromatic rings. The van der Waals surface area contributed by atoms with Crippen molar-refractivity contribution in [2.24, 2.45) is 14.1 Å². The first-order chi connectivity index (χ1) is 32.6. The maximum absolute atomic E-state index is 13.2. The highest BCUT2D eigenvalue weighted by Crippen LogP contribution is 2.35. The molecule has 4 heterocycles. The highest BCUT2D eigenvalue weighted by atomic mass is 79.9.